The highest BCUT2D eigenvalue weighted by Crippen LogP contribution is 2.39. The number of nitrogens with one attached hydrogen (secondary N) is 2. The van der Waals surface area contributed by atoms with Crippen LogP contribution in [0.2, 0.25) is 0 Å². The third-order valence-electron chi connectivity index (χ3n) is 5.66. The molecule has 0 aliphatic heterocycles. The Labute approximate surface area is 205 Å². The van der Waals surface area contributed by atoms with Crippen molar-refractivity contribution in [2.24, 2.45) is 0 Å². The molecule has 0 saturated carbocycles. The fraction of sp³-hybridized carbons (Fsp3) is 0.286. The second-order valence-corrected chi connectivity index (χ2v) is 8.74. The molecule has 0 fully saturated rings. The van der Waals surface area contributed by atoms with E-state index in [1.807, 2.05) is 44.2 Å². The molecule has 0 saturated heterocycles. The van der Waals surface area contributed by atoms with Gasteiger partial charge in [-0.25, -0.2) is 9.78 Å². The van der Waals surface area contributed by atoms with Crippen LogP contribution in [0.1, 0.15) is 25.0 Å². The zero-order valence-corrected chi connectivity index (χ0v) is 20.8. The second-order valence-electron chi connectivity index (χ2n) is 8.74. The Morgan fingerprint density at radius 1 is 0.943 bits per heavy atom. The minimum Gasteiger partial charge on any atom is -0.493 e. The van der Waals surface area contributed by atoms with Gasteiger partial charge in [-0.1, -0.05) is 24.3 Å². The molecular weight excluding hydrogens is 442 g/mol. The van der Waals surface area contributed by atoms with Gasteiger partial charge in [-0.15, -0.1) is 0 Å². The van der Waals surface area contributed by atoms with Crippen LogP contribution in [0.15, 0.2) is 54.6 Å². The SMILES string of the molecule is COc1cc2nc3cc(C)ccc3c(Nc3cccc(CCOC(=O)NC(C)C)c3)c2cc1OC. The fourth-order valence-electron chi connectivity index (χ4n) is 4.00. The van der Waals surface area contributed by atoms with E-state index in [0.29, 0.717) is 24.5 Å². The van der Waals surface area contributed by atoms with Crippen molar-refractivity contribution in [3.05, 3.63) is 65.7 Å². The van der Waals surface area contributed by atoms with Gasteiger partial charge in [0.2, 0.25) is 0 Å². The summed E-state index contributed by atoms with van der Waals surface area (Å²) in [6, 6.07) is 18.2. The van der Waals surface area contributed by atoms with Gasteiger partial charge in [-0.05, 0) is 56.2 Å². The van der Waals surface area contributed by atoms with E-state index in [1.165, 1.54) is 0 Å². The normalized spacial score (nSPS) is 11.0. The van der Waals surface area contributed by atoms with Crippen LogP contribution in [0.3, 0.4) is 0 Å². The summed E-state index contributed by atoms with van der Waals surface area (Å²) >= 11 is 0. The smallest absolute Gasteiger partial charge is 0.407 e. The topological polar surface area (TPSA) is 81.7 Å². The second kappa shape index (κ2) is 10.5. The molecule has 0 aliphatic carbocycles. The largest absolute Gasteiger partial charge is 0.493 e. The molecule has 0 aliphatic rings. The number of alkyl carbamates (subject to hydrolysis) is 1. The molecule has 1 heterocycles. The van der Waals surface area contributed by atoms with Crippen LogP contribution in [0, 0.1) is 6.92 Å². The lowest BCUT2D eigenvalue weighted by atomic mass is 10.0. The summed E-state index contributed by atoms with van der Waals surface area (Å²) in [4.78, 5) is 16.6. The summed E-state index contributed by atoms with van der Waals surface area (Å²) in [5.41, 5.74) is 5.77. The molecule has 7 nitrogen and oxygen atoms in total. The maximum atomic E-state index is 11.8. The monoisotopic (exact) mass is 473 g/mol. The van der Waals surface area contributed by atoms with Gasteiger partial charge < -0.3 is 24.8 Å². The van der Waals surface area contributed by atoms with E-state index >= 15 is 0 Å². The zero-order chi connectivity index (χ0) is 24.9. The van der Waals surface area contributed by atoms with Crippen molar-refractivity contribution in [3.63, 3.8) is 0 Å². The molecule has 1 aromatic heterocycles. The molecule has 0 radical (unpaired) electrons. The van der Waals surface area contributed by atoms with E-state index in [4.69, 9.17) is 19.2 Å². The quantitative estimate of drug-likeness (QED) is 0.299. The Kier molecular flexibility index (Phi) is 7.25. The van der Waals surface area contributed by atoms with Gasteiger partial charge in [0.15, 0.2) is 11.5 Å². The number of aryl methyl sites for hydroxylation is 1. The number of ether oxygens (including phenoxy) is 3. The Morgan fingerprint density at radius 2 is 1.69 bits per heavy atom. The molecule has 0 bridgehead atoms. The Hall–Kier alpha value is -4.00. The van der Waals surface area contributed by atoms with Crippen molar-refractivity contribution in [3.8, 4) is 11.5 Å². The van der Waals surface area contributed by atoms with Gasteiger partial charge in [0.1, 0.15) is 0 Å². The van der Waals surface area contributed by atoms with Crippen molar-refractivity contribution < 1.29 is 19.0 Å². The minimum absolute atomic E-state index is 0.0439. The lowest BCUT2D eigenvalue weighted by Crippen LogP contribution is -2.31. The predicted octanol–water partition coefficient (Wildman–Crippen LogP) is 6.13. The number of hydrogen-bond donors (Lipinski definition) is 2. The molecule has 3 aromatic carbocycles. The van der Waals surface area contributed by atoms with Gasteiger partial charge in [0.05, 0.1) is 37.5 Å². The first-order valence-electron chi connectivity index (χ1n) is 11.6. The molecule has 7 heteroatoms. The van der Waals surface area contributed by atoms with Gasteiger partial charge in [0, 0.05) is 35.0 Å². The van der Waals surface area contributed by atoms with E-state index in [-0.39, 0.29) is 6.04 Å². The number of pyridine rings is 1. The predicted molar refractivity (Wildman–Crippen MR) is 140 cm³/mol. The lowest BCUT2D eigenvalue weighted by Gasteiger charge is -2.16. The van der Waals surface area contributed by atoms with E-state index in [0.717, 1.165) is 44.3 Å². The first kappa shape index (κ1) is 24.1. The number of amides is 1. The van der Waals surface area contributed by atoms with Crippen molar-refractivity contribution in [2.75, 3.05) is 26.1 Å². The van der Waals surface area contributed by atoms with Crippen LogP contribution < -0.4 is 20.1 Å². The van der Waals surface area contributed by atoms with Gasteiger partial charge in [0.25, 0.3) is 0 Å². The Balaban J connectivity index is 1.68. The van der Waals surface area contributed by atoms with Gasteiger partial charge in [-0.2, -0.15) is 0 Å². The summed E-state index contributed by atoms with van der Waals surface area (Å²) in [5.74, 6) is 1.27. The molecular formula is C28H31N3O4. The van der Waals surface area contributed by atoms with Crippen LogP contribution >= 0.6 is 0 Å². The molecule has 1 amide bonds. The number of rotatable bonds is 8. The number of carbonyl (C=O) groups excluding carboxylic acids is 1. The number of hydrogen-bond acceptors (Lipinski definition) is 6. The molecule has 2 N–H and O–H groups in total. The number of benzene rings is 3. The summed E-state index contributed by atoms with van der Waals surface area (Å²) in [6.45, 7) is 6.16. The molecule has 4 aromatic rings. The molecule has 0 spiro atoms. The van der Waals surface area contributed by atoms with Gasteiger partial charge in [-0.3, -0.25) is 0 Å². The van der Waals surface area contributed by atoms with Crippen LogP contribution in [-0.2, 0) is 11.2 Å². The standard InChI is InChI=1S/C28H31N3O4/c1-17(2)29-28(32)35-12-11-19-7-6-8-20(14-19)30-27-21-10-9-18(3)13-23(21)31-24-16-26(34-5)25(33-4)15-22(24)27/h6-10,13-17H,11-12H2,1-5H3,(H,29,32)(H,30,31). The molecule has 0 unspecified atom stereocenters. The maximum absolute atomic E-state index is 11.8. The number of aromatic nitrogens is 1. The van der Waals surface area contributed by atoms with E-state index in [9.17, 15) is 4.79 Å². The van der Waals surface area contributed by atoms with Crippen LogP contribution in [0.4, 0.5) is 16.2 Å². The number of nitrogens with zero attached hydrogens (tertiary/aromatic N) is 1. The highest BCUT2D eigenvalue weighted by molar-refractivity contribution is 6.09. The average molecular weight is 474 g/mol. The first-order chi connectivity index (χ1) is 16.9. The highest BCUT2D eigenvalue weighted by Gasteiger charge is 2.15. The lowest BCUT2D eigenvalue weighted by molar-refractivity contribution is 0.145. The molecule has 0 atom stereocenters. The van der Waals surface area contributed by atoms with E-state index in [1.54, 1.807) is 14.2 Å². The third kappa shape index (κ3) is 5.57. The van der Waals surface area contributed by atoms with Crippen LogP contribution in [0.5, 0.6) is 11.5 Å². The fourth-order valence-corrected chi connectivity index (χ4v) is 4.00. The van der Waals surface area contributed by atoms with E-state index < -0.39 is 6.09 Å². The number of fused-ring (bicyclic) bond motifs is 2. The van der Waals surface area contributed by atoms with Crippen molar-refractivity contribution >= 4 is 39.3 Å². The number of methoxy groups -OCH3 is 2. The first-order valence-corrected chi connectivity index (χ1v) is 11.6. The third-order valence-corrected chi connectivity index (χ3v) is 5.66. The van der Waals surface area contributed by atoms with Gasteiger partial charge >= 0.3 is 6.09 Å². The average Bonchev–Trinajstić information content (AvgIpc) is 2.82. The zero-order valence-electron chi connectivity index (χ0n) is 20.8. The summed E-state index contributed by atoms with van der Waals surface area (Å²) in [5, 5.41) is 8.27. The minimum atomic E-state index is -0.399. The van der Waals surface area contributed by atoms with Crippen molar-refractivity contribution in [1.29, 1.82) is 0 Å². The Bertz CT molecular complexity index is 1370. The van der Waals surface area contributed by atoms with E-state index in [2.05, 4.69) is 41.8 Å². The van der Waals surface area contributed by atoms with Crippen molar-refractivity contribution in [2.45, 2.75) is 33.2 Å². The number of anilines is 2. The van der Waals surface area contributed by atoms with Crippen LogP contribution in [0.25, 0.3) is 21.8 Å². The summed E-state index contributed by atoms with van der Waals surface area (Å²) in [7, 11) is 3.25. The molecule has 182 valence electrons. The van der Waals surface area contributed by atoms with Crippen LogP contribution in [-0.4, -0.2) is 37.9 Å². The Morgan fingerprint density at radius 3 is 2.43 bits per heavy atom. The highest BCUT2D eigenvalue weighted by atomic mass is 16.5. The summed E-state index contributed by atoms with van der Waals surface area (Å²) in [6.07, 6.45) is 0.215. The summed E-state index contributed by atoms with van der Waals surface area (Å²) < 4.78 is 16.3. The maximum Gasteiger partial charge on any atom is 0.407 e. The molecule has 4 rings (SSSR count). The molecule has 35 heavy (non-hydrogen) atoms. The van der Waals surface area contributed by atoms with Crippen molar-refractivity contribution in [1.82, 2.24) is 10.3 Å². The number of carbonyl (C=O) groups is 1.